The van der Waals surface area contributed by atoms with E-state index in [2.05, 4.69) is 0 Å². The van der Waals surface area contributed by atoms with Crippen LogP contribution in [0.15, 0.2) is 36.2 Å². The molecule has 0 amide bonds. The number of hydrogen-bond acceptors (Lipinski definition) is 2. The summed E-state index contributed by atoms with van der Waals surface area (Å²) in [5.74, 6) is 0.780. The van der Waals surface area contributed by atoms with Gasteiger partial charge in [-0.05, 0) is 41.7 Å². The summed E-state index contributed by atoms with van der Waals surface area (Å²) in [6.45, 7) is 8.38. The molecule has 0 aliphatic heterocycles. The number of carbonyl (C=O) groups excluding carboxylic acids is 1. The monoisotopic (exact) mass is 292 g/mol. The predicted molar refractivity (Wildman–Crippen MR) is 84.4 cm³/mol. The standard InChI is InChI=1S/C18H25FO2/c1-5-6-14(12-19)13-21-16-9-7-15(8-10-16)17(20)11-18(2,3)4/h7-10,12H,5-6,11,13H2,1-4H3/b14-12+. The second-order valence-electron chi connectivity index (χ2n) is 6.49. The van der Waals surface area contributed by atoms with Gasteiger partial charge >= 0.3 is 0 Å². The van der Waals surface area contributed by atoms with Crippen LogP contribution in [0.2, 0.25) is 0 Å². The lowest BCUT2D eigenvalue weighted by molar-refractivity contribution is 0.0940. The van der Waals surface area contributed by atoms with Gasteiger partial charge in [0.05, 0.1) is 6.33 Å². The lowest BCUT2D eigenvalue weighted by Gasteiger charge is -2.16. The molecular weight excluding hydrogens is 267 g/mol. The highest BCUT2D eigenvalue weighted by atomic mass is 19.1. The molecule has 21 heavy (non-hydrogen) atoms. The van der Waals surface area contributed by atoms with Crippen molar-refractivity contribution in [2.24, 2.45) is 5.41 Å². The van der Waals surface area contributed by atoms with Crippen LogP contribution in [0.3, 0.4) is 0 Å². The second kappa shape index (κ2) is 7.96. The Labute approximate surface area is 127 Å². The Morgan fingerprint density at radius 2 is 1.86 bits per heavy atom. The van der Waals surface area contributed by atoms with E-state index < -0.39 is 0 Å². The molecule has 0 spiro atoms. The molecule has 1 aromatic rings. The van der Waals surface area contributed by atoms with E-state index in [0.717, 1.165) is 6.42 Å². The highest BCUT2D eigenvalue weighted by molar-refractivity contribution is 5.96. The maximum absolute atomic E-state index is 12.6. The Morgan fingerprint density at radius 1 is 1.24 bits per heavy atom. The van der Waals surface area contributed by atoms with Crippen molar-refractivity contribution in [2.75, 3.05) is 6.61 Å². The fourth-order valence-corrected chi connectivity index (χ4v) is 1.98. The molecule has 3 heteroatoms. The molecule has 0 heterocycles. The number of ketones is 1. The molecule has 116 valence electrons. The molecular formula is C18H25FO2. The molecule has 0 unspecified atom stereocenters. The molecule has 1 rings (SSSR count). The molecule has 0 N–H and O–H groups in total. The van der Waals surface area contributed by atoms with Crippen LogP contribution in [0, 0.1) is 5.41 Å². The molecule has 0 radical (unpaired) electrons. The van der Waals surface area contributed by atoms with Crippen molar-refractivity contribution in [3.8, 4) is 5.75 Å². The van der Waals surface area contributed by atoms with Crippen molar-refractivity contribution in [3.63, 3.8) is 0 Å². The highest BCUT2D eigenvalue weighted by Crippen LogP contribution is 2.22. The molecule has 0 saturated carbocycles. The first kappa shape index (κ1) is 17.4. The first-order valence-electron chi connectivity index (χ1n) is 7.40. The Morgan fingerprint density at radius 3 is 2.33 bits per heavy atom. The smallest absolute Gasteiger partial charge is 0.163 e. The van der Waals surface area contributed by atoms with Crippen molar-refractivity contribution in [2.45, 2.75) is 47.0 Å². The summed E-state index contributed by atoms with van der Waals surface area (Å²) in [6.07, 6.45) is 2.71. The largest absolute Gasteiger partial charge is 0.489 e. The van der Waals surface area contributed by atoms with E-state index in [1.807, 2.05) is 27.7 Å². The van der Waals surface area contributed by atoms with Gasteiger partial charge in [-0.1, -0.05) is 34.1 Å². The minimum atomic E-state index is -0.0206. The summed E-state index contributed by atoms with van der Waals surface area (Å²) in [6, 6.07) is 7.06. The minimum Gasteiger partial charge on any atom is -0.489 e. The van der Waals surface area contributed by atoms with Crippen molar-refractivity contribution in [3.05, 3.63) is 41.7 Å². The predicted octanol–water partition coefficient (Wildman–Crippen LogP) is 5.34. The van der Waals surface area contributed by atoms with Gasteiger partial charge in [-0.15, -0.1) is 0 Å². The molecule has 0 saturated heterocycles. The summed E-state index contributed by atoms with van der Waals surface area (Å²) in [4.78, 5) is 12.1. The Hall–Kier alpha value is -1.64. The zero-order valence-electron chi connectivity index (χ0n) is 13.4. The van der Waals surface area contributed by atoms with Gasteiger partial charge in [0.1, 0.15) is 12.4 Å². The minimum absolute atomic E-state index is 0.0206. The van der Waals surface area contributed by atoms with Crippen LogP contribution in [0.4, 0.5) is 4.39 Å². The Bertz CT molecular complexity index is 481. The van der Waals surface area contributed by atoms with Crippen LogP contribution < -0.4 is 4.74 Å². The number of carbonyl (C=O) groups is 1. The van der Waals surface area contributed by atoms with Crippen molar-refractivity contribution in [1.82, 2.24) is 0 Å². The number of rotatable bonds is 7. The van der Waals surface area contributed by atoms with Gasteiger partial charge in [0.2, 0.25) is 0 Å². The SMILES string of the molecule is CCC/C(=C\F)COc1ccc(C(=O)CC(C)(C)C)cc1. The van der Waals surface area contributed by atoms with E-state index in [1.54, 1.807) is 24.3 Å². The van der Waals surface area contributed by atoms with Crippen molar-refractivity contribution >= 4 is 5.78 Å². The molecule has 0 aromatic heterocycles. The number of ether oxygens (including phenoxy) is 1. The lowest BCUT2D eigenvalue weighted by Crippen LogP contribution is -2.13. The summed E-state index contributed by atoms with van der Waals surface area (Å²) in [7, 11) is 0. The van der Waals surface area contributed by atoms with Crippen LogP contribution in [0.25, 0.3) is 0 Å². The van der Waals surface area contributed by atoms with E-state index >= 15 is 0 Å². The third kappa shape index (κ3) is 6.56. The van der Waals surface area contributed by atoms with Crippen LogP contribution in [-0.4, -0.2) is 12.4 Å². The van der Waals surface area contributed by atoms with E-state index in [4.69, 9.17) is 4.74 Å². The summed E-state index contributed by atoms with van der Waals surface area (Å²) in [5.41, 5.74) is 1.31. The third-order valence-corrected chi connectivity index (χ3v) is 3.02. The molecule has 0 atom stereocenters. The van der Waals surface area contributed by atoms with E-state index in [1.165, 1.54) is 0 Å². The number of benzene rings is 1. The normalized spacial score (nSPS) is 12.3. The molecule has 1 aromatic carbocycles. The van der Waals surface area contributed by atoms with Gasteiger partial charge in [-0.3, -0.25) is 4.79 Å². The van der Waals surface area contributed by atoms with Crippen LogP contribution in [0.5, 0.6) is 5.75 Å². The average molecular weight is 292 g/mol. The zero-order chi connectivity index (χ0) is 15.9. The first-order chi connectivity index (χ1) is 9.85. The lowest BCUT2D eigenvalue weighted by atomic mass is 9.88. The van der Waals surface area contributed by atoms with Gasteiger partial charge in [0, 0.05) is 12.0 Å². The first-order valence-corrected chi connectivity index (χ1v) is 7.40. The molecule has 0 bridgehead atoms. The van der Waals surface area contributed by atoms with Gasteiger partial charge < -0.3 is 4.74 Å². The highest BCUT2D eigenvalue weighted by Gasteiger charge is 2.17. The topological polar surface area (TPSA) is 26.3 Å². The quantitative estimate of drug-likeness (QED) is 0.634. The molecule has 0 aliphatic rings. The van der Waals surface area contributed by atoms with Crippen LogP contribution >= 0.6 is 0 Å². The van der Waals surface area contributed by atoms with E-state index in [-0.39, 0.29) is 17.8 Å². The van der Waals surface area contributed by atoms with Crippen LogP contribution in [-0.2, 0) is 0 Å². The maximum Gasteiger partial charge on any atom is 0.163 e. The van der Waals surface area contributed by atoms with Crippen LogP contribution in [0.1, 0.15) is 57.3 Å². The van der Waals surface area contributed by atoms with E-state index in [0.29, 0.717) is 36.1 Å². The fraction of sp³-hybridized carbons (Fsp3) is 0.500. The Balaban J connectivity index is 2.60. The summed E-state index contributed by atoms with van der Waals surface area (Å²) in [5, 5.41) is 0. The molecule has 2 nitrogen and oxygen atoms in total. The number of Topliss-reactive ketones (excluding diaryl/α,β-unsaturated/α-hetero) is 1. The zero-order valence-corrected chi connectivity index (χ0v) is 13.4. The summed E-state index contributed by atoms with van der Waals surface area (Å²) < 4.78 is 18.1. The third-order valence-electron chi connectivity index (χ3n) is 3.02. The number of halogens is 1. The second-order valence-corrected chi connectivity index (χ2v) is 6.49. The average Bonchev–Trinajstić information content (AvgIpc) is 2.42. The van der Waals surface area contributed by atoms with Crippen molar-refractivity contribution in [1.29, 1.82) is 0 Å². The van der Waals surface area contributed by atoms with Gasteiger partial charge in [0.15, 0.2) is 5.78 Å². The number of hydrogen-bond donors (Lipinski definition) is 0. The molecule has 0 aliphatic carbocycles. The summed E-state index contributed by atoms with van der Waals surface area (Å²) >= 11 is 0. The van der Waals surface area contributed by atoms with Gasteiger partial charge in [-0.25, -0.2) is 4.39 Å². The Kier molecular flexibility index (Phi) is 6.60. The fourth-order valence-electron chi connectivity index (χ4n) is 1.98. The molecule has 0 fully saturated rings. The maximum atomic E-state index is 12.6. The van der Waals surface area contributed by atoms with Gasteiger partial charge in [0.25, 0.3) is 0 Å². The van der Waals surface area contributed by atoms with Crippen molar-refractivity contribution < 1.29 is 13.9 Å². The van der Waals surface area contributed by atoms with E-state index in [9.17, 15) is 9.18 Å². The van der Waals surface area contributed by atoms with Gasteiger partial charge in [-0.2, -0.15) is 0 Å².